The van der Waals surface area contributed by atoms with Crippen molar-refractivity contribution in [2.75, 3.05) is 53.3 Å². The number of aromatic nitrogens is 3. The van der Waals surface area contributed by atoms with E-state index in [4.69, 9.17) is 9.97 Å². The number of hydrogen-bond donors (Lipinski definition) is 2. The third-order valence-corrected chi connectivity index (χ3v) is 8.08. The Labute approximate surface area is 212 Å². The van der Waals surface area contributed by atoms with Gasteiger partial charge in [-0.2, -0.15) is 16.7 Å². The maximum absolute atomic E-state index is 10.1. The number of piperidine rings is 1. The molecule has 5 rings (SSSR count). The maximum atomic E-state index is 10.1. The van der Waals surface area contributed by atoms with Crippen LogP contribution in [0.15, 0.2) is 36.7 Å². The molecule has 0 amide bonds. The highest BCUT2D eigenvalue weighted by molar-refractivity contribution is 7.98. The molecule has 0 radical (unpaired) electrons. The number of thioether (sulfide) groups is 1. The van der Waals surface area contributed by atoms with E-state index in [1.807, 2.05) is 24.0 Å². The molecule has 2 atom stereocenters. The van der Waals surface area contributed by atoms with E-state index in [1.165, 1.54) is 27.8 Å². The Morgan fingerprint density at radius 1 is 1.09 bits per heavy atom. The number of aliphatic hydroxyl groups excluding tert-OH is 1. The van der Waals surface area contributed by atoms with Gasteiger partial charge in [-0.25, -0.2) is 9.97 Å². The zero-order chi connectivity index (χ0) is 24.5. The van der Waals surface area contributed by atoms with Gasteiger partial charge in [-0.3, -0.25) is 0 Å². The summed E-state index contributed by atoms with van der Waals surface area (Å²) in [6.07, 6.45) is 6.47. The van der Waals surface area contributed by atoms with Crippen LogP contribution in [0.4, 0.5) is 23.3 Å². The standard InChI is InChI=1S/C27H36N6OS/c1-17(2)20-5-6-23(33-14-19(15-33)16-35-4)22-12-29-26(11-21(20)22)30-25-7-9-28-27(31-25)32-10-8-24(34)18(3)13-32/h5-7,9,11-12,17-19,24,34H,8,10,13-16H2,1-4H3,(H,28,29,30,31). The predicted molar refractivity (Wildman–Crippen MR) is 147 cm³/mol. The molecule has 4 heterocycles. The third kappa shape index (κ3) is 5.05. The lowest BCUT2D eigenvalue weighted by Crippen LogP contribution is -2.48. The van der Waals surface area contributed by atoms with E-state index in [2.05, 4.69) is 65.3 Å². The van der Waals surface area contributed by atoms with Crippen LogP contribution in [0.5, 0.6) is 0 Å². The number of pyridine rings is 1. The lowest BCUT2D eigenvalue weighted by molar-refractivity contribution is 0.0966. The maximum Gasteiger partial charge on any atom is 0.227 e. The highest BCUT2D eigenvalue weighted by atomic mass is 32.2. The summed E-state index contributed by atoms with van der Waals surface area (Å²) in [7, 11) is 0. The van der Waals surface area contributed by atoms with E-state index in [9.17, 15) is 5.11 Å². The molecule has 1 aromatic carbocycles. The van der Waals surface area contributed by atoms with Crippen LogP contribution in [-0.4, -0.2) is 64.4 Å². The summed E-state index contributed by atoms with van der Waals surface area (Å²) in [5.74, 6) is 4.83. The normalized spacial score (nSPS) is 21.0. The minimum Gasteiger partial charge on any atom is -0.393 e. The molecule has 2 aliphatic heterocycles. The number of hydrogen-bond acceptors (Lipinski definition) is 8. The van der Waals surface area contributed by atoms with Gasteiger partial charge >= 0.3 is 0 Å². The predicted octanol–water partition coefficient (Wildman–Crippen LogP) is 4.90. The summed E-state index contributed by atoms with van der Waals surface area (Å²) < 4.78 is 0. The van der Waals surface area contributed by atoms with Gasteiger partial charge in [0.05, 0.1) is 6.10 Å². The Hall–Kier alpha value is -2.58. The van der Waals surface area contributed by atoms with Crippen molar-refractivity contribution in [3.8, 4) is 0 Å². The van der Waals surface area contributed by atoms with E-state index >= 15 is 0 Å². The molecule has 8 heteroatoms. The average Bonchev–Trinajstić information content (AvgIpc) is 2.82. The van der Waals surface area contributed by atoms with Crippen molar-refractivity contribution in [2.45, 2.75) is 39.2 Å². The van der Waals surface area contributed by atoms with Gasteiger partial charge in [-0.05, 0) is 59.4 Å². The summed E-state index contributed by atoms with van der Waals surface area (Å²) in [5, 5.41) is 15.9. The Kier molecular flexibility index (Phi) is 7.02. The van der Waals surface area contributed by atoms with Crippen molar-refractivity contribution < 1.29 is 5.11 Å². The van der Waals surface area contributed by atoms with Gasteiger partial charge in [0, 0.05) is 55.6 Å². The number of fused-ring (bicyclic) bond motifs is 1. The molecule has 2 aliphatic rings. The Morgan fingerprint density at radius 3 is 2.66 bits per heavy atom. The summed E-state index contributed by atoms with van der Waals surface area (Å²) in [6, 6.07) is 8.59. The zero-order valence-corrected chi connectivity index (χ0v) is 21.9. The highest BCUT2D eigenvalue weighted by Crippen LogP contribution is 2.37. The number of nitrogens with one attached hydrogen (secondary N) is 1. The summed E-state index contributed by atoms with van der Waals surface area (Å²) in [4.78, 5) is 18.6. The Bertz CT molecular complexity index is 1180. The van der Waals surface area contributed by atoms with Crippen molar-refractivity contribution in [2.24, 2.45) is 11.8 Å². The van der Waals surface area contributed by atoms with E-state index in [-0.39, 0.29) is 12.0 Å². The monoisotopic (exact) mass is 492 g/mol. The van der Waals surface area contributed by atoms with E-state index < -0.39 is 0 Å². The molecule has 2 saturated heterocycles. The molecule has 2 unspecified atom stereocenters. The Balaban J connectivity index is 1.40. The smallest absolute Gasteiger partial charge is 0.227 e. The van der Waals surface area contributed by atoms with Gasteiger partial charge in [-0.1, -0.05) is 26.8 Å². The van der Waals surface area contributed by atoms with Crippen molar-refractivity contribution >= 4 is 45.8 Å². The van der Waals surface area contributed by atoms with Gasteiger partial charge in [0.15, 0.2) is 0 Å². The van der Waals surface area contributed by atoms with Gasteiger partial charge in [-0.15, -0.1) is 0 Å². The van der Waals surface area contributed by atoms with Crippen LogP contribution in [0.1, 0.15) is 38.7 Å². The average molecular weight is 493 g/mol. The zero-order valence-electron chi connectivity index (χ0n) is 21.1. The third-order valence-electron chi connectivity index (χ3n) is 7.28. The summed E-state index contributed by atoms with van der Waals surface area (Å²) in [5.41, 5.74) is 2.62. The van der Waals surface area contributed by atoms with Gasteiger partial charge in [0.2, 0.25) is 5.95 Å². The molecule has 3 aromatic rings. The molecular weight excluding hydrogens is 456 g/mol. The number of rotatable bonds is 7. The van der Waals surface area contributed by atoms with Crippen molar-refractivity contribution in [3.63, 3.8) is 0 Å². The number of benzene rings is 1. The minimum absolute atomic E-state index is 0.206. The number of anilines is 4. The molecule has 2 N–H and O–H groups in total. The van der Waals surface area contributed by atoms with Crippen LogP contribution in [0, 0.1) is 11.8 Å². The van der Waals surface area contributed by atoms with Gasteiger partial charge in [0.25, 0.3) is 0 Å². The van der Waals surface area contributed by atoms with Crippen molar-refractivity contribution in [1.82, 2.24) is 15.0 Å². The fraction of sp³-hybridized carbons (Fsp3) is 0.519. The fourth-order valence-electron chi connectivity index (χ4n) is 5.22. The number of aliphatic hydroxyl groups is 1. The second-order valence-electron chi connectivity index (χ2n) is 10.3. The largest absolute Gasteiger partial charge is 0.393 e. The fourth-order valence-corrected chi connectivity index (χ4v) is 5.90. The molecule has 186 valence electrons. The summed E-state index contributed by atoms with van der Waals surface area (Å²) in [6.45, 7) is 10.3. The molecule has 2 fully saturated rings. The lowest BCUT2D eigenvalue weighted by atomic mass is 9.93. The number of nitrogens with zero attached hydrogens (tertiary/aromatic N) is 5. The molecule has 0 bridgehead atoms. The van der Waals surface area contributed by atoms with E-state index in [0.29, 0.717) is 11.9 Å². The first-order chi connectivity index (χ1) is 16.9. The second kappa shape index (κ2) is 10.2. The van der Waals surface area contributed by atoms with Crippen molar-refractivity contribution in [1.29, 1.82) is 0 Å². The first-order valence-corrected chi connectivity index (χ1v) is 14.0. The van der Waals surface area contributed by atoms with E-state index in [1.54, 1.807) is 6.20 Å². The summed E-state index contributed by atoms with van der Waals surface area (Å²) >= 11 is 1.93. The second-order valence-corrected chi connectivity index (χ2v) is 11.2. The molecule has 0 saturated carbocycles. The molecular formula is C27H36N6OS. The van der Waals surface area contributed by atoms with Crippen LogP contribution in [0.2, 0.25) is 0 Å². The van der Waals surface area contributed by atoms with Gasteiger partial charge in [0.1, 0.15) is 11.6 Å². The lowest BCUT2D eigenvalue weighted by Gasteiger charge is -2.41. The molecule has 0 aliphatic carbocycles. The first kappa shape index (κ1) is 24.1. The van der Waals surface area contributed by atoms with E-state index in [0.717, 1.165) is 50.2 Å². The molecule has 0 spiro atoms. The van der Waals surface area contributed by atoms with Crippen LogP contribution in [-0.2, 0) is 0 Å². The van der Waals surface area contributed by atoms with Crippen LogP contribution in [0.25, 0.3) is 10.8 Å². The minimum atomic E-state index is -0.248. The van der Waals surface area contributed by atoms with Gasteiger partial charge < -0.3 is 20.2 Å². The van der Waals surface area contributed by atoms with Crippen molar-refractivity contribution in [3.05, 3.63) is 42.2 Å². The molecule has 35 heavy (non-hydrogen) atoms. The van der Waals surface area contributed by atoms with Crippen LogP contribution < -0.4 is 15.1 Å². The molecule has 7 nitrogen and oxygen atoms in total. The Morgan fingerprint density at radius 2 is 1.91 bits per heavy atom. The quantitative estimate of drug-likeness (QED) is 0.482. The first-order valence-electron chi connectivity index (χ1n) is 12.6. The molecule has 2 aromatic heterocycles. The topological polar surface area (TPSA) is 77.4 Å². The SMILES string of the molecule is CSCC1CN(c2ccc(C(C)C)c3cc(Nc4ccnc(N5CCC(O)C(C)C5)n4)ncc23)C1. The van der Waals surface area contributed by atoms with Crippen LogP contribution >= 0.6 is 11.8 Å². The van der Waals surface area contributed by atoms with Crippen LogP contribution in [0.3, 0.4) is 0 Å². The highest BCUT2D eigenvalue weighted by Gasteiger charge is 2.28.